The predicted octanol–water partition coefficient (Wildman–Crippen LogP) is 5.14. The van der Waals surface area contributed by atoms with Gasteiger partial charge in [-0.25, -0.2) is 0 Å². The highest BCUT2D eigenvalue weighted by Crippen LogP contribution is 2.32. The van der Waals surface area contributed by atoms with Crippen LogP contribution in [-0.4, -0.2) is 0 Å². The summed E-state index contributed by atoms with van der Waals surface area (Å²) in [5.41, 5.74) is 2.15. The minimum atomic E-state index is 0.421. The standard InChI is InChI=1S/C16H16ClO/c1-12(2)14-8-4-6-10-16(14)18-15-9-5-3-7-13(15)11-17/h3-8,10,12H,11H2,1-2H3. The number of halogens is 1. The summed E-state index contributed by atoms with van der Waals surface area (Å²) >= 11 is 5.90. The molecule has 2 aromatic rings. The summed E-state index contributed by atoms with van der Waals surface area (Å²) in [5.74, 6) is 2.43. The number of hydrogen-bond donors (Lipinski definition) is 0. The van der Waals surface area contributed by atoms with Crippen LogP contribution in [0.5, 0.6) is 11.5 Å². The molecule has 0 amide bonds. The topological polar surface area (TPSA) is 9.23 Å². The molecule has 0 aliphatic carbocycles. The Balaban J connectivity index is 2.34. The molecule has 2 rings (SSSR count). The zero-order valence-electron chi connectivity index (χ0n) is 10.6. The zero-order chi connectivity index (χ0) is 13.0. The first kappa shape index (κ1) is 13.0. The third kappa shape index (κ3) is 2.85. The molecule has 0 spiro atoms. The molecule has 0 aliphatic heterocycles. The van der Waals surface area contributed by atoms with Crippen molar-refractivity contribution in [1.82, 2.24) is 0 Å². The van der Waals surface area contributed by atoms with Crippen molar-refractivity contribution in [2.75, 3.05) is 0 Å². The van der Waals surface area contributed by atoms with Crippen LogP contribution in [-0.2, 0) is 5.88 Å². The zero-order valence-corrected chi connectivity index (χ0v) is 11.4. The third-order valence-corrected chi connectivity index (χ3v) is 3.08. The molecule has 93 valence electrons. The van der Waals surface area contributed by atoms with Gasteiger partial charge in [0.25, 0.3) is 0 Å². The van der Waals surface area contributed by atoms with E-state index < -0.39 is 0 Å². The maximum absolute atomic E-state index is 5.95. The summed E-state index contributed by atoms with van der Waals surface area (Å²) in [6.07, 6.45) is 0. The molecule has 0 saturated carbocycles. The molecule has 0 aromatic heterocycles. The quantitative estimate of drug-likeness (QED) is 0.691. The third-order valence-electron chi connectivity index (χ3n) is 2.80. The average Bonchev–Trinajstić information content (AvgIpc) is 2.40. The molecule has 18 heavy (non-hydrogen) atoms. The van der Waals surface area contributed by atoms with Crippen LogP contribution in [0.3, 0.4) is 0 Å². The number of rotatable bonds is 4. The first-order valence-electron chi connectivity index (χ1n) is 6.04. The average molecular weight is 260 g/mol. The lowest BCUT2D eigenvalue weighted by Crippen LogP contribution is -1.95. The molecular formula is C16H16ClO. The van der Waals surface area contributed by atoms with Crippen molar-refractivity contribution in [3.63, 3.8) is 0 Å². The van der Waals surface area contributed by atoms with E-state index in [1.807, 2.05) is 36.4 Å². The van der Waals surface area contributed by atoms with Crippen molar-refractivity contribution in [2.24, 2.45) is 0 Å². The Morgan fingerprint density at radius 3 is 2.67 bits per heavy atom. The molecule has 0 fully saturated rings. The van der Waals surface area contributed by atoms with E-state index in [2.05, 4.69) is 26.0 Å². The highest BCUT2D eigenvalue weighted by molar-refractivity contribution is 6.17. The van der Waals surface area contributed by atoms with Gasteiger partial charge in [0.2, 0.25) is 0 Å². The molecule has 2 heteroatoms. The first-order valence-corrected chi connectivity index (χ1v) is 6.58. The SMILES string of the molecule is CC(C)c1ccccc1Oc1[c]cccc1CCl. The smallest absolute Gasteiger partial charge is 0.139 e. The van der Waals surface area contributed by atoms with Gasteiger partial charge in [0.05, 0.1) is 5.88 Å². The van der Waals surface area contributed by atoms with Crippen LogP contribution in [0.25, 0.3) is 0 Å². The van der Waals surface area contributed by atoms with Crippen LogP contribution < -0.4 is 4.74 Å². The minimum absolute atomic E-state index is 0.421. The second kappa shape index (κ2) is 5.92. The van der Waals surface area contributed by atoms with Crippen molar-refractivity contribution >= 4 is 11.6 Å². The molecule has 2 aromatic carbocycles. The summed E-state index contributed by atoms with van der Waals surface area (Å²) in [4.78, 5) is 0. The van der Waals surface area contributed by atoms with E-state index in [-0.39, 0.29) is 0 Å². The van der Waals surface area contributed by atoms with Crippen molar-refractivity contribution in [1.29, 1.82) is 0 Å². The number of benzene rings is 2. The summed E-state index contributed by atoms with van der Waals surface area (Å²) < 4.78 is 5.95. The van der Waals surface area contributed by atoms with Crippen LogP contribution in [0, 0.1) is 6.07 Å². The molecular weight excluding hydrogens is 244 g/mol. The highest BCUT2D eigenvalue weighted by Gasteiger charge is 2.09. The van der Waals surface area contributed by atoms with Gasteiger partial charge in [-0.2, -0.15) is 0 Å². The van der Waals surface area contributed by atoms with Gasteiger partial charge < -0.3 is 4.74 Å². The normalized spacial score (nSPS) is 10.7. The van der Waals surface area contributed by atoms with Crippen LogP contribution in [0.2, 0.25) is 0 Å². The van der Waals surface area contributed by atoms with E-state index in [4.69, 9.17) is 16.3 Å². The molecule has 0 N–H and O–H groups in total. The molecule has 0 aliphatic rings. The van der Waals surface area contributed by atoms with Gasteiger partial charge in [0, 0.05) is 11.6 Å². The van der Waals surface area contributed by atoms with Crippen molar-refractivity contribution in [3.8, 4) is 11.5 Å². The Morgan fingerprint density at radius 1 is 1.17 bits per heavy atom. The lowest BCUT2D eigenvalue weighted by molar-refractivity contribution is 0.468. The van der Waals surface area contributed by atoms with Gasteiger partial charge in [-0.1, -0.05) is 50.2 Å². The molecule has 0 heterocycles. The molecule has 0 atom stereocenters. The maximum Gasteiger partial charge on any atom is 0.139 e. The predicted molar refractivity (Wildman–Crippen MR) is 75.4 cm³/mol. The molecule has 1 radical (unpaired) electrons. The number of para-hydroxylation sites is 2. The first-order chi connectivity index (χ1) is 8.72. The molecule has 0 bridgehead atoms. The number of ether oxygens (including phenoxy) is 1. The van der Waals surface area contributed by atoms with E-state index in [0.29, 0.717) is 17.5 Å². The lowest BCUT2D eigenvalue weighted by Gasteiger charge is -2.14. The van der Waals surface area contributed by atoms with E-state index in [1.165, 1.54) is 5.56 Å². The summed E-state index contributed by atoms with van der Waals surface area (Å²) in [6.45, 7) is 4.30. The van der Waals surface area contributed by atoms with Crippen molar-refractivity contribution in [3.05, 3.63) is 59.7 Å². The van der Waals surface area contributed by atoms with E-state index in [1.54, 1.807) is 0 Å². The fraction of sp³-hybridized carbons (Fsp3) is 0.250. The summed E-state index contributed by atoms with van der Waals surface area (Å²) in [7, 11) is 0. The Kier molecular flexibility index (Phi) is 4.27. The largest absolute Gasteiger partial charge is 0.456 e. The van der Waals surface area contributed by atoms with Gasteiger partial charge in [-0.05, 0) is 17.5 Å². The fourth-order valence-electron chi connectivity index (χ4n) is 1.82. The Labute approximate surface area is 113 Å². The van der Waals surface area contributed by atoms with Crippen molar-refractivity contribution in [2.45, 2.75) is 25.6 Å². The monoisotopic (exact) mass is 259 g/mol. The van der Waals surface area contributed by atoms with Crippen LogP contribution in [0.1, 0.15) is 30.9 Å². The maximum atomic E-state index is 5.95. The Morgan fingerprint density at radius 2 is 1.94 bits per heavy atom. The number of hydrogen-bond acceptors (Lipinski definition) is 1. The second-order valence-electron chi connectivity index (χ2n) is 4.45. The summed E-state index contributed by atoms with van der Waals surface area (Å²) in [5, 5.41) is 0. The lowest BCUT2D eigenvalue weighted by atomic mass is 10.0. The van der Waals surface area contributed by atoms with Crippen LogP contribution in [0.15, 0.2) is 42.5 Å². The van der Waals surface area contributed by atoms with Crippen LogP contribution in [0.4, 0.5) is 0 Å². The molecule has 0 unspecified atom stereocenters. The highest BCUT2D eigenvalue weighted by atomic mass is 35.5. The Hall–Kier alpha value is -1.47. The molecule has 0 saturated heterocycles. The van der Waals surface area contributed by atoms with Gasteiger partial charge in [-0.3, -0.25) is 0 Å². The van der Waals surface area contributed by atoms with Crippen LogP contribution >= 0.6 is 11.6 Å². The van der Waals surface area contributed by atoms with Gasteiger partial charge in [0.15, 0.2) is 0 Å². The van der Waals surface area contributed by atoms with Gasteiger partial charge >= 0.3 is 0 Å². The minimum Gasteiger partial charge on any atom is -0.456 e. The van der Waals surface area contributed by atoms with E-state index >= 15 is 0 Å². The molecule has 1 nitrogen and oxygen atoms in total. The van der Waals surface area contributed by atoms with Crippen molar-refractivity contribution < 1.29 is 4.74 Å². The van der Waals surface area contributed by atoms with E-state index in [0.717, 1.165) is 11.3 Å². The number of alkyl halides is 1. The van der Waals surface area contributed by atoms with Gasteiger partial charge in [-0.15, -0.1) is 11.6 Å². The second-order valence-corrected chi connectivity index (χ2v) is 4.72. The summed E-state index contributed by atoms with van der Waals surface area (Å²) in [6, 6.07) is 16.9. The Bertz CT molecular complexity index is 520. The van der Waals surface area contributed by atoms with E-state index in [9.17, 15) is 0 Å². The fourth-order valence-corrected chi connectivity index (χ4v) is 2.03. The van der Waals surface area contributed by atoms with Gasteiger partial charge in [0.1, 0.15) is 11.5 Å².